The van der Waals surface area contributed by atoms with Crippen molar-refractivity contribution in [2.24, 2.45) is 0 Å². The summed E-state index contributed by atoms with van der Waals surface area (Å²) >= 11 is 0. The second-order valence-corrected chi connectivity index (χ2v) is 8.80. The van der Waals surface area contributed by atoms with Gasteiger partial charge < -0.3 is 10.1 Å². The van der Waals surface area contributed by atoms with Crippen molar-refractivity contribution < 1.29 is 9.53 Å². The SMILES string of the molecule is CC(=O)Nc1ccc(C#Cc2nc3ncccc3nc2OC[C@H]2CCCN2Cc2ccccc2)cc1. The van der Waals surface area contributed by atoms with Gasteiger partial charge in [-0.1, -0.05) is 36.3 Å². The summed E-state index contributed by atoms with van der Waals surface area (Å²) in [5.41, 5.74) is 4.48. The normalized spacial score (nSPS) is 15.3. The lowest BCUT2D eigenvalue weighted by atomic mass is 10.2. The van der Waals surface area contributed by atoms with Crippen LogP contribution in [0.4, 0.5) is 5.69 Å². The Labute approximate surface area is 210 Å². The molecule has 180 valence electrons. The Bertz CT molecular complexity index is 1410. The number of nitrogens with one attached hydrogen (secondary N) is 1. The van der Waals surface area contributed by atoms with Crippen molar-refractivity contribution in [2.75, 3.05) is 18.5 Å². The highest BCUT2D eigenvalue weighted by atomic mass is 16.5. The lowest BCUT2D eigenvalue weighted by Gasteiger charge is -2.24. The summed E-state index contributed by atoms with van der Waals surface area (Å²) in [7, 11) is 0. The zero-order chi connectivity index (χ0) is 24.7. The molecule has 36 heavy (non-hydrogen) atoms. The summed E-state index contributed by atoms with van der Waals surface area (Å²) in [5.74, 6) is 6.56. The van der Waals surface area contributed by atoms with Crippen molar-refractivity contribution in [2.45, 2.75) is 32.4 Å². The highest BCUT2D eigenvalue weighted by molar-refractivity contribution is 5.88. The van der Waals surface area contributed by atoms with Crippen molar-refractivity contribution in [3.8, 4) is 17.7 Å². The molecule has 1 aliphatic rings. The maximum Gasteiger partial charge on any atom is 0.249 e. The molecule has 1 amide bonds. The van der Waals surface area contributed by atoms with E-state index in [0.29, 0.717) is 35.4 Å². The molecule has 3 heterocycles. The minimum absolute atomic E-state index is 0.112. The van der Waals surface area contributed by atoms with Gasteiger partial charge in [-0.05, 0) is 67.3 Å². The topological polar surface area (TPSA) is 80.2 Å². The van der Waals surface area contributed by atoms with Gasteiger partial charge in [0.05, 0.1) is 0 Å². The molecule has 0 spiro atoms. The van der Waals surface area contributed by atoms with Gasteiger partial charge in [-0.2, -0.15) is 0 Å². The average molecular weight is 478 g/mol. The van der Waals surface area contributed by atoms with Crippen molar-refractivity contribution in [3.05, 3.63) is 89.7 Å². The smallest absolute Gasteiger partial charge is 0.249 e. The van der Waals surface area contributed by atoms with E-state index in [1.165, 1.54) is 12.5 Å². The largest absolute Gasteiger partial charge is 0.474 e. The van der Waals surface area contributed by atoms with E-state index in [1.54, 1.807) is 6.20 Å². The molecule has 0 bridgehead atoms. The number of benzene rings is 2. The molecule has 4 aromatic rings. The van der Waals surface area contributed by atoms with Gasteiger partial charge >= 0.3 is 0 Å². The standard InChI is InChI=1S/C29H27N5O2/c1-21(35)31-24-14-11-22(12-15-24)13-16-27-29(33-26-10-5-17-30-28(26)32-27)36-20-25-9-6-18-34(25)19-23-7-3-2-4-8-23/h2-5,7-8,10-12,14-15,17,25H,6,9,18-20H2,1H3,(H,31,35)/t25-/m1/s1. The maximum atomic E-state index is 11.2. The number of hydrogen-bond acceptors (Lipinski definition) is 6. The number of likely N-dealkylation sites (tertiary alicyclic amines) is 1. The van der Waals surface area contributed by atoms with Gasteiger partial charge in [-0.3, -0.25) is 9.69 Å². The third-order valence-electron chi connectivity index (χ3n) is 6.08. The van der Waals surface area contributed by atoms with Crippen LogP contribution in [0.2, 0.25) is 0 Å². The van der Waals surface area contributed by atoms with Crippen molar-refractivity contribution in [1.29, 1.82) is 0 Å². The van der Waals surface area contributed by atoms with Crippen LogP contribution in [0.15, 0.2) is 72.9 Å². The Morgan fingerprint density at radius 3 is 2.69 bits per heavy atom. The Morgan fingerprint density at radius 2 is 1.89 bits per heavy atom. The van der Waals surface area contributed by atoms with Crippen LogP contribution in [0.25, 0.3) is 11.2 Å². The molecule has 1 saturated heterocycles. The second kappa shape index (κ2) is 11.0. The van der Waals surface area contributed by atoms with Crippen LogP contribution in [0.3, 0.4) is 0 Å². The van der Waals surface area contributed by atoms with Gasteiger partial charge in [0.2, 0.25) is 11.8 Å². The zero-order valence-corrected chi connectivity index (χ0v) is 20.1. The summed E-state index contributed by atoms with van der Waals surface area (Å²) in [4.78, 5) is 27.4. The van der Waals surface area contributed by atoms with E-state index in [1.807, 2.05) is 42.5 Å². The maximum absolute atomic E-state index is 11.2. The van der Waals surface area contributed by atoms with Crippen LogP contribution in [0.1, 0.15) is 36.6 Å². The zero-order valence-electron chi connectivity index (χ0n) is 20.1. The van der Waals surface area contributed by atoms with Gasteiger partial charge in [0.15, 0.2) is 11.3 Å². The first-order chi connectivity index (χ1) is 17.6. The van der Waals surface area contributed by atoms with Crippen LogP contribution in [-0.4, -0.2) is 45.0 Å². The van der Waals surface area contributed by atoms with Gasteiger partial charge in [-0.15, -0.1) is 0 Å². The lowest BCUT2D eigenvalue weighted by molar-refractivity contribution is -0.114. The van der Waals surface area contributed by atoms with Gasteiger partial charge in [0.1, 0.15) is 12.1 Å². The molecule has 2 aromatic carbocycles. The van der Waals surface area contributed by atoms with Crippen LogP contribution in [-0.2, 0) is 11.3 Å². The quantitative estimate of drug-likeness (QED) is 0.414. The van der Waals surface area contributed by atoms with E-state index in [-0.39, 0.29) is 5.91 Å². The summed E-state index contributed by atoms with van der Waals surface area (Å²) in [6.07, 6.45) is 3.92. The van der Waals surface area contributed by atoms with Gasteiger partial charge in [0, 0.05) is 37.0 Å². The number of carbonyl (C=O) groups excluding carboxylic acids is 1. The van der Waals surface area contributed by atoms with Gasteiger partial charge in [-0.25, -0.2) is 15.0 Å². The molecule has 0 aliphatic carbocycles. The molecule has 7 heteroatoms. The third-order valence-corrected chi connectivity index (χ3v) is 6.08. The molecule has 0 radical (unpaired) electrons. The first-order valence-electron chi connectivity index (χ1n) is 12.1. The highest BCUT2D eigenvalue weighted by Crippen LogP contribution is 2.23. The summed E-state index contributed by atoms with van der Waals surface area (Å²) in [6, 6.07) is 21.9. The van der Waals surface area contributed by atoms with E-state index in [2.05, 4.69) is 61.3 Å². The first kappa shape index (κ1) is 23.5. The number of nitrogens with zero attached hydrogens (tertiary/aromatic N) is 4. The molecule has 7 nitrogen and oxygen atoms in total. The molecule has 5 rings (SSSR count). The van der Waals surface area contributed by atoms with Gasteiger partial charge in [0.25, 0.3) is 0 Å². The second-order valence-electron chi connectivity index (χ2n) is 8.80. The lowest BCUT2D eigenvalue weighted by Crippen LogP contribution is -2.34. The average Bonchev–Trinajstić information content (AvgIpc) is 3.33. The monoisotopic (exact) mass is 477 g/mol. The molecular weight excluding hydrogens is 450 g/mol. The predicted molar refractivity (Wildman–Crippen MR) is 139 cm³/mol. The molecule has 1 atom stereocenters. The summed E-state index contributed by atoms with van der Waals surface area (Å²) < 4.78 is 6.26. The highest BCUT2D eigenvalue weighted by Gasteiger charge is 2.25. The minimum Gasteiger partial charge on any atom is -0.474 e. The Hall–Kier alpha value is -4.28. The number of rotatable bonds is 6. The molecule has 0 saturated carbocycles. The van der Waals surface area contributed by atoms with Crippen molar-refractivity contribution in [1.82, 2.24) is 19.9 Å². The Kier molecular flexibility index (Phi) is 7.15. The van der Waals surface area contributed by atoms with Crippen LogP contribution in [0.5, 0.6) is 5.88 Å². The van der Waals surface area contributed by atoms with E-state index in [9.17, 15) is 4.79 Å². The molecule has 1 N–H and O–H groups in total. The number of aromatic nitrogens is 3. The summed E-state index contributed by atoms with van der Waals surface area (Å²) in [5, 5.41) is 2.76. The summed E-state index contributed by atoms with van der Waals surface area (Å²) in [6.45, 7) is 3.96. The van der Waals surface area contributed by atoms with Crippen molar-refractivity contribution in [3.63, 3.8) is 0 Å². The number of anilines is 1. The fraction of sp³-hybridized carbons (Fsp3) is 0.241. The molecule has 2 aromatic heterocycles. The molecule has 1 aliphatic heterocycles. The minimum atomic E-state index is -0.112. The predicted octanol–water partition coefficient (Wildman–Crippen LogP) is 4.43. The van der Waals surface area contributed by atoms with E-state index in [0.717, 1.165) is 37.2 Å². The third kappa shape index (κ3) is 5.85. The van der Waals surface area contributed by atoms with Crippen LogP contribution >= 0.6 is 0 Å². The van der Waals surface area contributed by atoms with Crippen molar-refractivity contribution >= 4 is 22.8 Å². The number of carbonyl (C=O) groups is 1. The number of fused-ring (bicyclic) bond motifs is 1. The van der Waals surface area contributed by atoms with E-state index >= 15 is 0 Å². The molecule has 1 fully saturated rings. The van der Waals surface area contributed by atoms with Crippen LogP contribution in [0, 0.1) is 11.8 Å². The van der Waals surface area contributed by atoms with E-state index in [4.69, 9.17) is 4.74 Å². The fourth-order valence-corrected chi connectivity index (χ4v) is 4.32. The Morgan fingerprint density at radius 1 is 1.06 bits per heavy atom. The molecule has 0 unspecified atom stereocenters. The number of hydrogen-bond donors (Lipinski definition) is 1. The van der Waals surface area contributed by atoms with E-state index < -0.39 is 0 Å². The number of ether oxygens (including phenoxy) is 1. The van der Waals surface area contributed by atoms with Crippen LogP contribution < -0.4 is 10.1 Å². The number of amides is 1. The first-order valence-corrected chi connectivity index (χ1v) is 12.1. The fourth-order valence-electron chi connectivity index (χ4n) is 4.32. The Balaban J connectivity index is 1.35. The molecular formula is C29H27N5O2. The number of pyridine rings is 1.